The monoisotopic (exact) mass is 285 g/mol. The SMILES string of the molecule is CN=C(NCCOC)NCC(C)CN1CCN(C)CC1. The van der Waals surface area contributed by atoms with Gasteiger partial charge in [0.2, 0.25) is 0 Å². The van der Waals surface area contributed by atoms with E-state index in [9.17, 15) is 0 Å². The molecule has 0 amide bonds. The first kappa shape index (κ1) is 17.2. The first-order valence-electron chi connectivity index (χ1n) is 7.50. The van der Waals surface area contributed by atoms with Gasteiger partial charge in [0.25, 0.3) is 0 Å². The van der Waals surface area contributed by atoms with Crippen molar-refractivity contribution in [3.63, 3.8) is 0 Å². The third kappa shape index (κ3) is 7.07. The van der Waals surface area contributed by atoms with Crippen molar-refractivity contribution in [3.05, 3.63) is 0 Å². The van der Waals surface area contributed by atoms with E-state index < -0.39 is 0 Å². The maximum absolute atomic E-state index is 5.02. The lowest BCUT2D eigenvalue weighted by molar-refractivity contribution is 0.139. The van der Waals surface area contributed by atoms with Crippen molar-refractivity contribution in [3.8, 4) is 0 Å². The molecule has 0 aromatic heterocycles. The van der Waals surface area contributed by atoms with Gasteiger partial charge in [0.05, 0.1) is 6.61 Å². The Hall–Kier alpha value is -0.850. The van der Waals surface area contributed by atoms with Crippen LogP contribution in [0.25, 0.3) is 0 Å². The van der Waals surface area contributed by atoms with Crippen molar-refractivity contribution in [1.82, 2.24) is 20.4 Å². The van der Waals surface area contributed by atoms with Crippen LogP contribution >= 0.6 is 0 Å². The number of aliphatic imine (C=N–C) groups is 1. The second kappa shape index (κ2) is 9.96. The quantitative estimate of drug-likeness (QED) is 0.381. The van der Waals surface area contributed by atoms with Gasteiger partial charge < -0.3 is 25.2 Å². The van der Waals surface area contributed by atoms with Gasteiger partial charge in [-0.25, -0.2) is 0 Å². The van der Waals surface area contributed by atoms with Crippen LogP contribution in [-0.4, -0.2) is 89.4 Å². The maximum atomic E-state index is 5.02. The molecule has 6 heteroatoms. The number of ether oxygens (including phenoxy) is 1. The van der Waals surface area contributed by atoms with Gasteiger partial charge in [0, 0.05) is 60.0 Å². The Balaban J connectivity index is 2.16. The van der Waals surface area contributed by atoms with E-state index in [4.69, 9.17) is 4.74 Å². The minimum absolute atomic E-state index is 0.611. The van der Waals surface area contributed by atoms with Gasteiger partial charge in [-0.1, -0.05) is 6.92 Å². The average Bonchev–Trinajstić information content (AvgIpc) is 2.45. The Kier molecular flexibility index (Phi) is 8.57. The number of nitrogens with zero attached hydrogens (tertiary/aromatic N) is 3. The number of methoxy groups -OCH3 is 1. The molecule has 1 rings (SSSR count). The number of likely N-dealkylation sites (N-methyl/N-ethyl adjacent to an activating group) is 1. The van der Waals surface area contributed by atoms with Crippen LogP contribution in [0.4, 0.5) is 0 Å². The standard InChI is InChI=1S/C14H31N5O/c1-13(12-19-8-6-18(3)7-9-19)11-17-14(15-2)16-5-10-20-4/h13H,5-12H2,1-4H3,(H2,15,16,17). The summed E-state index contributed by atoms with van der Waals surface area (Å²) < 4.78 is 5.02. The van der Waals surface area contributed by atoms with Gasteiger partial charge in [-0.3, -0.25) is 4.99 Å². The Morgan fingerprint density at radius 3 is 2.55 bits per heavy atom. The summed E-state index contributed by atoms with van der Waals surface area (Å²) in [5, 5.41) is 6.60. The molecule has 1 heterocycles. The Morgan fingerprint density at radius 2 is 1.95 bits per heavy atom. The summed E-state index contributed by atoms with van der Waals surface area (Å²) in [4.78, 5) is 9.15. The van der Waals surface area contributed by atoms with Gasteiger partial charge in [0.1, 0.15) is 0 Å². The van der Waals surface area contributed by atoms with Crippen LogP contribution in [0.1, 0.15) is 6.92 Å². The van der Waals surface area contributed by atoms with Crippen LogP contribution in [0.2, 0.25) is 0 Å². The Bertz CT molecular complexity index is 277. The molecule has 2 N–H and O–H groups in total. The lowest BCUT2D eigenvalue weighted by Crippen LogP contribution is -2.47. The minimum atomic E-state index is 0.611. The highest BCUT2D eigenvalue weighted by Gasteiger charge is 2.16. The van der Waals surface area contributed by atoms with Crippen molar-refractivity contribution < 1.29 is 4.74 Å². The summed E-state index contributed by atoms with van der Waals surface area (Å²) >= 11 is 0. The van der Waals surface area contributed by atoms with Crippen LogP contribution in [0.5, 0.6) is 0 Å². The van der Waals surface area contributed by atoms with Gasteiger partial charge in [-0.15, -0.1) is 0 Å². The molecular weight excluding hydrogens is 254 g/mol. The molecule has 1 aliphatic heterocycles. The van der Waals surface area contributed by atoms with E-state index in [-0.39, 0.29) is 0 Å². The Labute approximate surface area is 123 Å². The summed E-state index contributed by atoms with van der Waals surface area (Å²) in [6.45, 7) is 10.6. The summed E-state index contributed by atoms with van der Waals surface area (Å²) in [5.74, 6) is 1.46. The molecule has 0 spiro atoms. The lowest BCUT2D eigenvalue weighted by Gasteiger charge is -2.34. The average molecular weight is 285 g/mol. The first-order chi connectivity index (χ1) is 9.65. The molecular formula is C14H31N5O. The highest BCUT2D eigenvalue weighted by atomic mass is 16.5. The molecule has 1 unspecified atom stereocenters. The zero-order valence-electron chi connectivity index (χ0n) is 13.5. The molecule has 0 aromatic carbocycles. The zero-order chi connectivity index (χ0) is 14.8. The van der Waals surface area contributed by atoms with Crippen LogP contribution in [0.15, 0.2) is 4.99 Å². The summed E-state index contributed by atoms with van der Waals surface area (Å²) in [7, 11) is 5.70. The van der Waals surface area contributed by atoms with Crippen LogP contribution in [-0.2, 0) is 4.74 Å². The van der Waals surface area contributed by atoms with E-state index in [1.807, 2.05) is 0 Å². The highest BCUT2D eigenvalue weighted by molar-refractivity contribution is 5.79. The molecule has 0 aromatic rings. The summed E-state index contributed by atoms with van der Waals surface area (Å²) in [5.41, 5.74) is 0. The molecule has 0 saturated carbocycles. The largest absolute Gasteiger partial charge is 0.383 e. The molecule has 0 radical (unpaired) electrons. The van der Waals surface area contributed by atoms with E-state index >= 15 is 0 Å². The van der Waals surface area contributed by atoms with Crippen molar-refractivity contribution >= 4 is 5.96 Å². The molecule has 0 aliphatic carbocycles. The summed E-state index contributed by atoms with van der Waals surface area (Å²) in [6, 6.07) is 0. The first-order valence-corrected chi connectivity index (χ1v) is 7.50. The second-order valence-electron chi connectivity index (χ2n) is 5.58. The van der Waals surface area contributed by atoms with E-state index in [0.717, 1.165) is 25.6 Å². The Morgan fingerprint density at radius 1 is 1.25 bits per heavy atom. The van der Waals surface area contributed by atoms with Gasteiger partial charge in [-0.05, 0) is 13.0 Å². The highest BCUT2D eigenvalue weighted by Crippen LogP contribution is 2.03. The number of hydrogen-bond donors (Lipinski definition) is 2. The number of hydrogen-bond acceptors (Lipinski definition) is 4. The molecule has 6 nitrogen and oxygen atoms in total. The second-order valence-corrected chi connectivity index (χ2v) is 5.58. The fourth-order valence-corrected chi connectivity index (χ4v) is 2.30. The molecule has 20 heavy (non-hydrogen) atoms. The smallest absolute Gasteiger partial charge is 0.191 e. The maximum Gasteiger partial charge on any atom is 0.191 e. The molecule has 1 atom stereocenters. The number of nitrogens with one attached hydrogen (secondary N) is 2. The number of guanidine groups is 1. The van der Waals surface area contributed by atoms with Gasteiger partial charge >= 0.3 is 0 Å². The normalized spacial score (nSPS) is 19.9. The third-order valence-electron chi connectivity index (χ3n) is 3.61. The molecule has 0 bridgehead atoms. The topological polar surface area (TPSA) is 52.1 Å². The predicted molar refractivity (Wildman–Crippen MR) is 84.3 cm³/mol. The van der Waals surface area contributed by atoms with E-state index in [0.29, 0.717) is 12.5 Å². The minimum Gasteiger partial charge on any atom is -0.383 e. The van der Waals surface area contributed by atoms with Crippen LogP contribution in [0.3, 0.4) is 0 Å². The van der Waals surface area contributed by atoms with E-state index in [1.165, 1.54) is 26.2 Å². The molecule has 118 valence electrons. The molecule has 1 saturated heterocycles. The number of piperazine rings is 1. The predicted octanol–water partition coefficient (Wildman–Crippen LogP) is -0.319. The molecule has 1 fully saturated rings. The van der Waals surface area contributed by atoms with E-state index in [1.54, 1.807) is 14.2 Å². The van der Waals surface area contributed by atoms with E-state index in [2.05, 4.69) is 39.4 Å². The van der Waals surface area contributed by atoms with Crippen LogP contribution < -0.4 is 10.6 Å². The fourth-order valence-electron chi connectivity index (χ4n) is 2.30. The zero-order valence-corrected chi connectivity index (χ0v) is 13.5. The summed E-state index contributed by atoms with van der Waals surface area (Å²) in [6.07, 6.45) is 0. The van der Waals surface area contributed by atoms with Crippen molar-refractivity contribution in [2.24, 2.45) is 10.9 Å². The molecule has 1 aliphatic rings. The van der Waals surface area contributed by atoms with Gasteiger partial charge in [-0.2, -0.15) is 0 Å². The fraction of sp³-hybridized carbons (Fsp3) is 0.929. The van der Waals surface area contributed by atoms with Gasteiger partial charge in [0.15, 0.2) is 5.96 Å². The van der Waals surface area contributed by atoms with Crippen molar-refractivity contribution in [2.75, 3.05) is 73.6 Å². The van der Waals surface area contributed by atoms with Crippen molar-refractivity contribution in [1.29, 1.82) is 0 Å². The van der Waals surface area contributed by atoms with Crippen molar-refractivity contribution in [2.45, 2.75) is 6.92 Å². The number of rotatable bonds is 7. The third-order valence-corrected chi connectivity index (χ3v) is 3.61. The van der Waals surface area contributed by atoms with Crippen LogP contribution in [0, 0.1) is 5.92 Å². The lowest BCUT2D eigenvalue weighted by atomic mass is 10.1.